The number of carboxylic acid groups (broad SMARTS) is 1. The van der Waals surface area contributed by atoms with Crippen LogP contribution in [0.4, 0.5) is 4.79 Å². The first-order chi connectivity index (χ1) is 7.65. The van der Waals surface area contributed by atoms with E-state index in [4.69, 9.17) is 5.11 Å². The Kier molecular flexibility index (Phi) is 4.07. The van der Waals surface area contributed by atoms with Crippen LogP contribution in [0.15, 0.2) is 0 Å². The number of likely N-dealkylation sites (tertiary alicyclic amines) is 1. The molecule has 100 valence electrons. The molecule has 0 spiro atoms. The average Bonchev–Trinajstić information content (AvgIpc) is 2.12. The minimum absolute atomic E-state index is 0.190. The largest absolute Gasteiger partial charge is 0.465 e. The van der Waals surface area contributed by atoms with Gasteiger partial charge in [-0.25, -0.2) is 4.79 Å². The van der Waals surface area contributed by atoms with Gasteiger partial charge in [0.15, 0.2) is 0 Å². The van der Waals surface area contributed by atoms with Gasteiger partial charge in [0.2, 0.25) is 0 Å². The van der Waals surface area contributed by atoms with Gasteiger partial charge in [-0.2, -0.15) is 0 Å². The lowest BCUT2D eigenvalue weighted by Crippen LogP contribution is -2.58. The van der Waals surface area contributed by atoms with Crippen molar-refractivity contribution in [1.29, 1.82) is 0 Å². The molecule has 1 rings (SSSR count). The molecule has 0 bridgehead atoms. The summed E-state index contributed by atoms with van der Waals surface area (Å²) < 4.78 is 0. The van der Waals surface area contributed by atoms with Gasteiger partial charge in [0, 0.05) is 17.6 Å². The highest BCUT2D eigenvalue weighted by Crippen LogP contribution is 2.41. The predicted octanol–water partition coefficient (Wildman–Crippen LogP) is 2.54. The van der Waals surface area contributed by atoms with E-state index >= 15 is 0 Å². The molecule has 1 aliphatic rings. The third-order valence-electron chi connectivity index (χ3n) is 4.22. The highest BCUT2D eigenvalue weighted by Gasteiger charge is 2.42. The Labute approximate surface area is 104 Å². The van der Waals surface area contributed by atoms with Gasteiger partial charge < -0.3 is 10.4 Å². The van der Waals surface area contributed by atoms with Gasteiger partial charge in [-0.15, -0.1) is 0 Å². The third-order valence-corrected chi connectivity index (χ3v) is 4.22. The first kappa shape index (κ1) is 14.3. The van der Waals surface area contributed by atoms with Crippen molar-refractivity contribution in [3.8, 4) is 0 Å². The van der Waals surface area contributed by atoms with E-state index in [2.05, 4.69) is 45.0 Å². The lowest BCUT2D eigenvalue weighted by atomic mass is 9.73. The second kappa shape index (κ2) is 4.84. The summed E-state index contributed by atoms with van der Waals surface area (Å²) in [5, 5.41) is 11.0. The number of hydrogen-bond acceptors (Lipinski definition) is 2. The molecule has 1 heterocycles. The second-order valence-corrected chi connectivity index (χ2v) is 6.48. The highest BCUT2D eigenvalue weighted by molar-refractivity contribution is 5.64. The fraction of sp³-hybridized carbons (Fsp3) is 0.923. The van der Waals surface area contributed by atoms with Gasteiger partial charge in [0.05, 0.1) is 0 Å². The summed E-state index contributed by atoms with van der Waals surface area (Å²) in [4.78, 5) is 12.9. The summed E-state index contributed by atoms with van der Waals surface area (Å²) in [7, 11) is 2.19. The molecule has 1 saturated heterocycles. The van der Waals surface area contributed by atoms with Crippen LogP contribution in [0.5, 0.6) is 0 Å². The zero-order valence-corrected chi connectivity index (χ0v) is 11.7. The van der Waals surface area contributed by atoms with E-state index in [1.165, 1.54) is 0 Å². The number of nitrogens with one attached hydrogen (secondary N) is 1. The van der Waals surface area contributed by atoms with Crippen molar-refractivity contribution >= 4 is 6.09 Å². The molecule has 1 aliphatic heterocycles. The van der Waals surface area contributed by atoms with Crippen molar-refractivity contribution in [1.82, 2.24) is 10.2 Å². The molecule has 0 saturated carbocycles. The van der Waals surface area contributed by atoms with Crippen LogP contribution in [0.25, 0.3) is 0 Å². The maximum atomic E-state index is 10.4. The molecule has 0 aliphatic carbocycles. The van der Waals surface area contributed by atoms with Gasteiger partial charge in [0.1, 0.15) is 0 Å². The number of nitrogens with zero attached hydrogens (tertiary/aromatic N) is 1. The molecule has 4 nitrogen and oxygen atoms in total. The molecule has 0 aromatic rings. The molecular weight excluding hydrogens is 216 g/mol. The van der Waals surface area contributed by atoms with Gasteiger partial charge in [0.25, 0.3) is 0 Å². The third kappa shape index (κ3) is 3.60. The summed E-state index contributed by atoms with van der Waals surface area (Å²) in [6.45, 7) is 9.64. The van der Waals surface area contributed by atoms with E-state index < -0.39 is 6.09 Å². The van der Waals surface area contributed by atoms with Crippen LogP contribution in [-0.2, 0) is 0 Å². The number of amides is 1. The first-order valence-electron chi connectivity index (χ1n) is 6.36. The van der Waals surface area contributed by atoms with Crippen molar-refractivity contribution < 1.29 is 9.90 Å². The Balaban J connectivity index is 2.56. The van der Waals surface area contributed by atoms with Gasteiger partial charge >= 0.3 is 6.09 Å². The number of rotatable bonds is 3. The Morgan fingerprint density at radius 3 is 2.18 bits per heavy atom. The maximum Gasteiger partial charge on any atom is 0.404 e. The van der Waals surface area contributed by atoms with E-state index in [0.717, 1.165) is 19.3 Å². The van der Waals surface area contributed by atoms with Crippen LogP contribution in [0, 0.1) is 5.92 Å². The lowest BCUT2D eigenvalue weighted by molar-refractivity contribution is -0.0313. The monoisotopic (exact) mass is 242 g/mol. The molecule has 0 radical (unpaired) electrons. The smallest absolute Gasteiger partial charge is 0.404 e. The van der Waals surface area contributed by atoms with Crippen molar-refractivity contribution in [3.63, 3.8) is 0 Å². The number of carbonyl (C=O) groups is 1. The molecular formula is C13H26N2O2. The highest BCUT2D eigenvalue weighted by atomic mass is 16.4. The van der Waals surface area contributed by atoms with Gasteiger partial charge in [-0.3, -0.25) is 4.90 Å². The van der Waals surface area contributed by atoms with Crippen LogP contribution < -0.4 is 5.32 Å². The molecule has 0 unspecified atom stereocenters. The zero-order valence-electron chi connectivity index (χ0n) is 11.7. The predicted molar refractivity (Wildman–Crippen MR) is 69.3 cm³/mol. The summed E-state index contributed by atoms with van der Waals surface area (Å²) in [5.41, 5.74) is 0.380. The minimum Gasteiger partial charge on any atom is -0.465 e. The molecule has 2 N–H and O–H groups in total. The second-order valence-electron chi connectivity index (χ2n) is 6.48. The molecule has 0 atom stereocenters. The lowest BCUT2D eigenvalue weighted by Gasteiger charge is -2.53. The van der Waals surface area contributed by atoms with E-state index in [1.807, 2.05) is 0 Å². The standard InChI is InChI=1S/C13H26N2O2/c1-12(2)8-10(6-7-14-11(16)17)9-13(3,4)15(12)5/h10,14H,6-9H2,1-5H3,(H,16,17). The number of hydrogen-bond donors (Lipinski definition) is 2. The van der Waals surface area contributed by atoms with Crippen molar-refractivity contribution in [2.24, 2.45) is 5.92 Å². The van der Waals surface area contributed by atoms with E-state index in [-0.39, 0.29) is 11.1 Å². The van der Waals surface area contributed by atoms with Crippen LogP contribution >= 0.6 is 0 Å². The Morgan fingerprint density at radius 1 is 1.29 bits per heavy atom. The van der Waals surface area contributed by atoms with Crippen molar-refractivity contribution in [2.75, 3.05) is 13.6 Å². The first-order valence-corrected chi connectivity index (χ1v) is 6.36. The van der Waals surface area contributed by atoms with E-state index in [0.29, 0.717) is 12.5 Å². The van der Waals surface area contributed by atoms with Crippen LogP contribution in [-0.4, -0.2) is 40.8 Å². The number of piperidine rings is 1. The Hall–Kier alpha value is -0.770. The van der Waals surface area contributed by atoms with E-state index in [1.54, 1.807) is 0 Å². The summed E-state index contributed by atoms with van der Waals surface area (Å²) >= 11 is 0. The fourth-order valence-electron chi connectivity index (χ4n) is 3.17. The molecule has 0 aromatic carbocycles. The minimum atomic E-state index is -0.920. The summed E-state index contributed by atoms with van der Waals surface area (Å²) in [6.07, 6.45) is 2.28. The SMILES string of the molecule is CN1C(C)(C)CC(CCNC(=O)O)CC1(C)C. The molecule has 17 heavy (non-hydrogen) atoms. The average molecular weight is 242 g/mol. The van der Waals surface area contributed by atoms with Crippen LogP contribution in [0.1, 0.15) is 47.0 Å². The van der Waals surface area contributed by atoms with Crippen LogP contribution in [0.2, 0.25) is 0 Å². The van der Waals surface area contributed by atoms with Gasteiger partial charge in [-0.1, -0.05) is 0 Å². The zero-order chi connectivity index (χ0) is 13.3. The Bertz CT molecular complexity index is 269. The Morgan fingerprint density at radius 2 is 1.76 bits per heavy atom. The van der Waals surface area contributed by atoms with Crippen LogP contribution in [0.3, 0.4) is 0 Å². The molecule has 4 heteroatoms. The van der Waals surface area contributed by atoms with Crippen molar-refractivity contribution in [3.05, 3.63) is 0 Å². The summed E-state index contributed by atoms with van der Waals surface area (Å²) in [5.74, 6) is 0.600. The van der Waals surface area contributed by atoms with E-state index in [9.17, 15) is 4.79 Å². The summed E-state index contributed by atoms with van der Waals surface area (Å²) in [6, 6.07) is 0. The molecule has 1 amide bonds. The topological polar surface area (TPSA) is 52.6 Å². The van der Waals surface area contributed by atoms with Crippen molar-refractivity contribution in [2.45, 2.75) is 58.0 Å². The maximum absolute atomic E-state index is 10.4. The molecule has 0 aromatic heterocycles. The quantitative estimate of drug-likeness (QED) is 0.799. The van der Waals surface area contributed by atoms with Gasteiger partial charge in [-0.05, 0) is 59.9 Å². The fourth-order valence-corrected chi connectivity index (χ4v) is 3.17. The molecule has 1 fully saturated rings. The normalized spacial score (nSPS) is 24.5.